The molecule has 0 saturated heterocycles. The molecule has 1 aromatic carbocycles. The highest BCUT2D eigenvalue weighted by Gasteiger charge is 2.33. The average molecular weight is 284 g/mol. The quantitative estimate of drug-likeness (QED) is 0.764. The standard InChI is InChI=1S/C19H24O2/c1-13(18(20)14-9-7-6-8-10-14)17-15(19(2,3)4)11-12-16(17)21-5/h6-13,16H,1-5H3. The van der Waals surface area contributed by atoms with Gasteiger partial charge in [-0.05, 0) is 16.6 Å². The first-order chi connectivity index (χ1) is 9.86. The van der Waals surface area contributed by atoms with Gasteiger partial charge in [0.05, 0.1) is 6.10 Å². The number of Topliss-reactive ketones (excluding diaryl/α,β-unsaturated/α-hetero) is 1. The van der Waals surface area contributed by atoms with Crippen LogP contribution in [0.4, 0.5) is 0 Å². The number of carbonyl (C=O) groups excluding carboxylic acids is 1. The average Bonchev–Trinajstić information content (AvgIpc) is 2.90. The third-order valence-electron chi connectivity index (χ3n) is 4.04. The van der Waals surface area contributed by atoms with Crippen LogP contribution in [-0.2, 0) is 4.74 Å². The number of allylic oxidation sites excluding steroid dienone is 2. The minimum atomic E-state index is -0.179. The van der Waals surface area contributed by atoms with Gasteiger partial charge in [-0.25, -0.2) is 0 Å². The summed E-state index contributed by atoms with van der Waals surface area (Å²) in [7, 11) is 1.69. The van der Waals surface area contributed by atoms with Crippen molar-refractivity contribution in [3.63, 3.8) is 0 Å². The minimum Gasteiger partial charge on any atom is -0.373 e. The zero-order valence-corrected chi connectivity index (χ0v) is 13.5. The van der Waals surface area contributed by atoms with Gasteiger partial charge in [-0.2, -0.15) is 0 Å². The van der Waals surface area contributed by atoms with Gasteiger partial charge in [0.1, 0.15) is 0 Å². The van der Waals surface area contributed by atoms with Gasteiger partial charge in [0.15, 0.2) is 5.78 Å². The van der Waals surface area contributed by atoms with Gasteiger partial charge in [-0.3, -0.25) is 4.79 Å². The van der Waals surface area contributed by atoms with Crippen molar-refractivity contribution >= 4 is 5.78 Å². The highest BCUT2D eigenvalue weighted by molar-refractivity contribution is 5.99. The van der Waals surface area contributed by atoms with Crippen molar-refractivity contribution in [1.82, 2.24) is 0 Å². The fourth-order valence-corrected chi connectivity index (χ4v) is 2.90. The second kappa shape index (κ2) is 5.98. The van der Waals surface area contributed by atoms with Crippen molar-refractivity contribution in [3.05, 3.63) is 59.2 Å². The maximum Gasteiger partial charge on any atom is 0.169 e. The SMILES string of the molecule is COC1C=CC(C(C)(C)C)=C1C(C)C(=O)c1ccccc1. The molecular formula is C19H24O2. The molecule has 0 spiro atoms. The molecule has 0 saturated carbocycles. The summed E-state index contributed by atoms with van der Waals surface area (Å²) in [6, 6.07) is 9.48. The molecule has 2 heteroatoms. The van der Waals surface area contributed by atoms with E-state index in [2.05, 4.69) is 26.8 Å². The first-order valence-corrected chi connectivity index (χ1v) is 7.41. The molecule has 1 aromatic rings. The summed E-state index contributed by atoms with van der Waals surface area (Å²) >= 11 is 0. The number of carbonyl (C=O) groups is 1. The Balaban J connectivity index is 2.40. The van der Waals surface area contributed by atoms with Crippen LogP contribution in [0.1, 0.15) is 38.1 Å². The highest BCUT2D eigenvalue weighted by Crippen LogP contribution is 2.39. The van der Waals surface area contributed by atoms with E-state index < -0.39 is 0 Å². The van der Waals surface area contributed by atoms with E-state index in [0.717, 1.165) is 11.1 Å². The molecule has 0 heterocycles. The Morgan fingerprint density at radius 1 is 1.19 bits per heavy atom. The number of benzene rings is 1. The lowest BCUT2D eigenvalue weighted by molar-refractivity contribution is 0.0920. The molecule has 0 N–H and O–H groups in total. The number of ether oxygens (including phenoxy) is 1. The van der Waals surface area contributed by atoms with E-state index in [4.69, 9.17) is 4.74 Å². The predicted octanol–water partition coefficient (Wildman–Crippen LogP) is 4.43. The molecule has 2 atom stereocenters. The van der Waals surface area contributed by atoms with Crippen LogP contribution in [0.2, 0.25) is 0 Å². The second-order valence-corrected chi connectivity index (χ2v) is 6.59. The van der Waals surface area contributed by atoms with Crippen molar-refractivity contribution in [1.29, 1.82) is 0 Å². The molecule has 1 aliphatic rings. The second-order valence-electron chi connectivity index (χ2n) is 6.59. The number of hydrogen-bond donors (Lipinski definition) is 0. The van der Waals surface area contributed by atoms with Crippen LogP contribution >= 0.6 is 0 Å². The lowest BCUT2D eigenvalue weighted by atomic mass is 9.79. The van der Waals surface area contributed by atoms with E-state index in [-0.39, 0.29) is 23.2 Å². The molecule has 0 bridgehead atoms. The molecule has 0 aliphatic heterocycles. The zero-order chi connectivity index (χ0) is 15.6. The summed E-state index contributed by atoms with van der Waals surface area (Å²) in [5.74, 6) is -0.0281. The summed E-state index contributed by atoms with van der Waals surface area (Å²) in [6.45, 7) is 8.49. The van der Waals surface area contributed by atoms with Gasteiger partial charge in [-0.1, -0.05) is 70.2 Å². The van der Waals surface area contributed by atoms with Crippen molar-refractivity contribution in [2.75, 3.05) is 7.11 Å². The van der Waals surface area contributed by atoms with Crippen molar-refractivity contribution in [2.45, 2.75) is 33.8 Å². The lowest BCUT2D eigenvalue weighted by Crippen LogP contribution is -2.24. The fraction of sp³-hybridized carbons (Fsp3) is 0.421. The van der Waals surface area contributed by atoms with Crippen molar-refractivity contribution in [2.24, 2.45) is 11.3 Å². The summed E-state index contributed by atoms with van der Waals surface area (Å²) in [4.78, 5) is 12.7. The Bertz CT molecular complexity index is 573. The third kappa shape index (κ3) is 3.16. The predicted molar refractivity (Wildman–Crippen MR) is 86.4 cm³/mol. The largest absolute Gasteiger partial charge is 0.373 e. The fourth-order valence-electron chi connectivity index (χ4n) is 2.90. The molecule has 112 valence electrons. The number of methoxy groups -OCH3 is 1. The molecule has 2 nitrogen and oxygen atoms in total. The molecule has 2 rings (SSSR count). The van der Waals surface area contributed by atoms with Crippen LogP contribution in [0.25, 0.3) is 0 Å². The maximum absolute atomic E-state index is 12.7. The van der Waals surface area contributed by atoms with E-state index in [9.17, 15) is 4.79 Å². The monoisotopic (exact) mass is 284 g/mol. The molecule has 0 fully saturated rings. The Morgan fingerprint density at radius 3 is 2.33 bits per heavy atom. The molecule has 0 amide bonds. The molecule has 21 heavy (non-hydrogen) atoms. The van der Waals surface area contributed by atoms with Gasteiger partial charge in [0.2, 0.25) is 0 Å². The van der Waals surface area contributed by atoms with E-state index in [0.29, 0.717) is 0 Å². The minimum absolute atomic E-state index is 0.00431. The molecule has 0 aromatic heterocycles. The number of ketones is 1. The Hall–Kier alpha value is -1.67. The van der Waals surface area contributed by atoms with Crippen LogP contribution in [0.5, 0.6) is 0 Å². The molecule has 1 aliphatic carbocycles. The summed E-state index contributed by atoms with van der Waals surface area (Å²) in [5, 5.41) is 0. The Labute approximate surface area is 127 Å². The smallest absolute Gasteiger partial charge is 0.169 e. The highest BCUT2D eigenvalue weighted by atomic mass is 16.5. The van der Waals surface area contributed by atoms with Crippen molar-refractivity contribution < 1.29 is 9.53 Å². The number of rotatable bonds is 4. The first-order valence-electron chi connectivity index (χ1n) is 7.41. The van der Waals surface area contributed by atoms with Crippen LogP contribution < -0.4 is 0 Å². The van der Waals surface area contributed by atoms with Crippen LogP contribution in [0, 0.1) is 11.3 Å². The number of hydrogen-bond acceptors (Lipinski definition) is 2. The van der Waals surface area contributed by atoms with Gasteiger partial charge in [0.25, 0.3) is 0 Å². The van der Waals surface area contributed by atoms with Crippen LogP contribution in [-0.4, -0.2) is 19.0 Å². The molecule has 0 radical (unpaired) electrons. The topological polar surface area (TPSA) is 26.3 Å². The third-order valence-corrected chi connectivity index (χ3v) is 4.04. The molecular weight excluding hydrogens is 260 g/mol. The molecule has 2 unspecified atom stereocenters. The van der Waals surface area contributed by atoms with E-state index in [1.165, 1.54) is 5.57 Å². The zero-order valence-electron chi connectivity index (χ0n) is 13.5. The van der Waals surface area contributed by atoms with Gasteiger partial charge in [-0.15, -0.1) is 0 Å². The van der Waals surface area contributed by atoms with Gasteiger partial charge in [0, 0.05) is 18.6 Å². The van der Waals surface area contributed by atoms with E-state index in [1.54, 1.807) is 7.11 Å². The van der Waals surface area contributed by atoms with Crippen LogP contribution in [0.15, 0.2) is 53.6 Å². The maximum atomic E-state index is 12.7. The van der Waals surface area contributed by atoms with Gasteiger partial charge < -0.3 is 4.74 Å². The summed E-state index contributed by atoms with van der Waals surface area (Å²) < 4.78 is 5.56. The van der Waals surface area contributed by atoms with E-state index >= 15 is 0 Å². The Kier molecular flexibility index (Phi) is 4.48. The van der Waals surface area contributed by atoms with Gasteiger partial charge >= 0.3 is 0 Å². The van der Waals surface area contributed by atoms with Crippen LogP contribution in [0.3, 0.4) is 0 Å². The van der Waals surface area contributed by atoms with E-state index in [1.807, 2.05) is 43.3 Å². The summed E-state index contributed by atoms with van der Waals surface area (Å²) in [5.41, 5.74) is 3.07. The lowest BCUT2D eigenvalue weighted by Gasteiger charge is -2.26. The summed E-state index contributed by atoms with van der Waals surface area (Å²) in [6.07, 6.45) is 4.06. The van der Waals surface area contributed by atoms with Crippen molar-refractivity contribution in [3.8, 4) is 0 Å². The first kappa shape index (κ1) is 15.7. The normalized spacial score (nSPS) is 20.0. The Morgan fingerprint density at radius 2 is 1.81 bits per heavy atom.